The molecule has 2 heterocycles. The van der Waals surface area contributed by atoms with Crippen LogP contribution in [0.3, 0.4) is 0 Å². The molecule has 0 radical (unpaired) electrons. The molecule has 0 fully saturated rings. The van der Waals surface area contributed by atoms with Crippen LogP contribution in [-0.4, -0.2) is 88.3 Å². The fourth-order valence-corrected chi connectivity index (χ4v) is 6.41. The van der Waals surface area contributed by atoms with Crippen LogP contribution in [0.2, 0.25) is 0 Å². The van der Waals surface area contributed by atoms with E-state index >= 15 is 0 Å². The summed E-state index contributed by atoms with van der Waals surface area (Å²) in [5, 5.41) is 26.4. The summed E-state index contributed by atoms with van der Waals surface area (Å²) < 4.78 is 0. The molecular weight excluding hydrogens is 731 g/mol. The smallest absolute Gasteiger partial charge is 0.326 e. The summed E-state index contributed by atoms with van der Waals surface area (Å²) in [6, 6.07) is 13.4. The highest BCUT2D eigenvalue weighted by atomic mass is 16.4. The second-order valence-corrected chi connectivity index (χ2v) is 15.1. The first-order chi connectivity index (χ1) is 27.2. The summed E-state index contributed by atoms with van der Waals surface area (Å²) >= 11 is 0. The molecule has 0 saturated carbocycles. The second-order valence-electron chi connectivity index (χ2n) is 15.1. The van der Waals surface area contributed by atoms with Gasteiger partial charge in [0, 0.05) is 31.8 Å². The summed E-state index contributed by atoms with van der Waals surface area (Å²) in [4.78, 5) is 98.7. The number of benzene rings is 2. The number of fused-ring (bicyclic) bond motifs is 2. The van der Waals surface area contributed by atoms with Gasteiger partial charge in [-0.05, 0) is 54.7 Å². The summed E-state index contributed by atoms with van der Waals surface area (Å²) in [6.07, 6.45) is 3.13. The van der Waals surface area contributed by atoms with Gasteiger partial charge < -0.3 is 37.0 Å². The monoisotopic (exact) mass is 783 g/mol. The number of nitrogens with one attached hydrogen (secondary N) is 6. The van der Waals surface area contributed by atoms with Crippen molar-refractivity contribution < 1.29 is 38.7 Å². The number of carboxylic acids is 1. The first-order valence-electron chi connectivity index (χ1n) is 19.3. The van der Waals surface area contributed by atoms with E-state index in [2.05, 4.69) is 36.9 Å². The number of carbonyl (C=O) groups is 7. The van der Waals surface area contributed by atoms with Crippen molar-refractivity contribution in [2.75, 3.05) is 6.54 Å². The van der Waals surface area contributed by atoms with Crippen molar-refractivity contribution >= 4 is 41.4 Å². The van der Waals surface area contributed by atoms with E-state index in [0.29, 0.717) is 5.56 Å². The molecule has 15 nitrogen and oxygen atoms in total. The minimum absolute atomic E-state index is 0.0152. The van der Waals surface area contributed by atoms with E-state index in [9.17, 15) is 38.7 Å². The molecule has 3 aromatic rings. The van der Waals surface area contributed by atoms with Crippen molar-refractivity contribution in [1.29, 1.82) is 0 Å². The van der Waals surface area contributed by atoms with Gasteiger partial charge in [-0.3, -0.25) is 33.8 Å². The third-order valence-corrected chi connectivity index (χ3v) is 9.34. The number of hydrogen-bond donors (Lipinski definition) is 7. The molecule has 0 saturated heterocycles. The average molecular weight is 784 g/mol. The van der Waals surface area contributed by atoms with Gasteiger partial charge >= 0.3 is 5.97 Å². The van der Waals surface area contributed by atoms with Crippen LogP contribution in [0.1, 0.15) is 85.2 Å². The predicted octanol–water partition coefficient (Wildman–Crippen LogP) is 2.31. The number of rotatable bonds is 9. The normalized spacial score (nSPS) is 22.0. The fraction of sp³-hybridized carbons (Fsp3) is 0.429. The highest BCUT2D eigenvalue weighted by Gasteiger charge is 2.32. The van der Waals surface area contributed by atoms with Gasteiger partial charge in [0.1, 0.15) is 30.2 Å². The molecule has 7 N–H and O–H groups in total. The SMILES string of the molecule is CC(C)C[C@@H]1NC(=O)c2cncc(c2)C(=O)N[C@@H](CC(C)C)C(=O)N[C@@H](Cc2ccccc2)C(=O)N[C@H](C(=O)O)CCCNC(=O)[C@H](Cc2ccccc2)NC1=O. The van der Waals surface area contributed by atoms with Gasteiger partial charge in [0.25, 0.3) is 11.8 Å². The number of nitrogens with zero attached hydrogens (tertiary/aromatic N) is 1. The Morgan fingerprint density at radius 1 is 0.632 bits per heavy atom. The zero-order valence-electron chi connectivity index (χ0n) is 32.7. The zero-order chi connectivity index (χ0) is 41.5. The topological polar surface area (TPSA) is 225 Å². The molecule has 0 unspecified atom stereocenters. The Balaban J connectivity index is 1.70. The predicted molar refractivity (Wildman–Crippen MR) is 212 cm³/mol. The maximum Gasteiger partial charge on any atom is 0.326 e. The minimum atomic E-state index is -1.36. The zero-order valence-corrected chi connectivity index (χ0v) is 32.7. The van der Waals surface area contributed by atoms with Gasteiger partial charge in [0.05, 0.1) is 11.1 Å². The summed E-state index contributed by atoms with van der Waals surface area (Å²) in [7, 11) is 0. The Kier molecular flexibility index (Phi) is 16.3. The number of amides is 6. The van der Waals surface area contributed by atoms with Crippen LogP contribution in [0.15, 0.2) is 79.1 Å². The van der Waals surface area contributed by atoms with Crippen LogP contribution >= 0.6 is 0 Å². The number of aliphatic carboxylic acids is 1. The third-order valence-electron chi connectivity index (χ3n) is 9.34. The standard InChI is InChI=1S/C42H53N7O8/c1-25(2)18-32-39(53)48-34(20-27-12-7-5-8-13-27)38(52)44-17-11-16-31(42(56)57)45-41(55)35(21-28-14-9-6-10-15-28)49-40(54)33(19-26(3)4)47-37(51)30-22-29(23-43-24-30)36(50)46-32/h5-10,12-15,22-26,31-35H,11,16-21H2,1-4H3,(H,44,52)(H,45,55)(H,46,50)(H,47,51)(H,48,53)(H,49,54)(H,56,57)/t31-,32-,33-,34-,35-/m0/s1. The van der Waals surface area contributed by atoms with Crippen LogP contribution in [0.5, 0.6) is 0 Å². The maximum atomic E-state index is 13.9. The first-order valence-corrected chi connectivity index (χ1v) is 19.3. The van der Waals surface area contributed by atoms with Crippen LogP contribution in [-0.2, 0) is 36.8 Å². The van der Waals surface area contributed by atoms with Gasteiger partial charge in [-0.15, -0.1) is 0 Å². The number of carboxylic acid groups (broad SMARTS) is 1. The Bertz CT molecular complexity index is 1870. The molecule has 5 atom stereocenters. The van der Waals surface area contributed by atoms with Crippen molar-refractivity contribution in [2.45, 2.75) is 96.4 Å². The van der Waals surface area contributed by atoms with E-state index in [1.54, 1.807) is 42.5 Å². The van der Waals surface area contributed by atoms with E-state index in [1.165, 1.54) is 18.5 Å². The Morgan fingerprint density at radius 2 is 1.07 bits per heavy atom. The van der Waals surface area contributed by atoms with Crippen LogP contribution in [0.4, 0.5) is 0 Å². The Morgan fingerprint density at radius 3 is 1.51 bits per heavy atom. The number of aromatic nitrogens is 1. The van der Waals surface area contributed by atoms with Crippen LogP contribution in [0.25, 0.3) is 0 Å². The van der Waals surface area contributed by atoms with Crippen molar-refractivity contribution in [3.63, 3.8) is 0 Å². The molecule has 1 aliphatic heterocycles. The van der Waals surface area contributed by atoms with Crippen LogP contribution < -0.4 is 31.9 Å². The minimum Gasteiger partial charge on any atom is -0.480 e. The van der Waals surface area contributed by atoms with E-state index in [0.717, 1.165) is 5.56 Å². The van der Waals surface area contributed by atoms with Crippen molar-refractivity contribution in [2.24, 2.45) is 11.8 Å². The molecule has 6 amide bonds. The molecule has 1 aromatic heterocycles. The Hall–Kier alpha value is -6.12. The molecule has 57 heavy (non-hydrogen) atoms. The summed E-state index contributed by atoms with van der Waals surface area (Å²) in [5.74, 6) is -5.37. The van der Waals surface area contributed by atoms with Gasteiger partial charge in [-0.1, -0.05) is 88.4 Å². The number of hydrogen-bond acceptors (Lipinski definition) is 8. The lowest BCUT2D eigenvalue weighted by Crippen LogP contribution is -2.56. The van der Waals surface area contributed by atoms with Crippen molar-refractivity contribution in [3.8, 4) is 0 Å². The van der Waals surface area contributed by atoms with Gasteiger partial charge in [-0.2, -0.15) is 0 Å². The molecule has 0 aliphatic carbocycles. The second kappa shape index (κ2) is 21.3. The fourth-order valence-electron chi connectivity index (χ4n) is 6.41. The highest BCUT2D eigenvalue weighted by Crippen LogP contribution is 2.13. The highest BCUT2D eigenvalue weighted by molar-refractivity contribution is 6.02. The number of pyridine rings is 1. The van der Waals surface area contributed by atoms with E-state index in [1.807, 2.05) is 45.9 Å². The van der Waals surface area contributed by atoms with Gasteiger partial charge in [0.15, 0.2) is 0 Å². The van der Waals surface area contributed by atoms with Gasteiger partial charge in [-0.25, -0.2) is 4.79 Å². The first kappa shape index (κ1) is 43.6. The molecule has 15 heteroatoms. The molecule has 2 bridgehead atoms. The lowest BCUT2D eigenvalue weighted by molar-refractivity contribution is -0.142. The Labute approximate surface area is 332 Å². The molecule has 0 spiro atoms. The summed E-state index contributed by atoms with van der Waals surface area (Å²) in [6.45, 7) is 7.50. The van der Waals surface area contributed by atoms with Crippen molar-refractivity contribution in [1.82, 2.24) is 36.9 Å². The molecule has 304 valence electrons. The average Bonchev–Trinajstić information content (AvgIpc) is 3.17. The lowest BCUT2D eigenvalue weighted by Gasteiger charge is -2.25. The number of carbonyl (C=O) groups excluding carboxylic acids is 6. The molecule has 2 aromatic carbocycles. The van der Waals surface area contributed by atoms with Crippen molar-refractivity contribution in [3.05, 3.63) is 101 Å². The van der Waals surface area contributed by atoms with E-state index < -0.39 is 71.6 Å². The largest absolute Gasteiger partial charge is 0.480 e. The van der Waals surface area contributed by atoms with Gasteiger partial charge in [0.2, 0.25) is 23.6 Å². The lowest BCUT2D eigenvalue weighted by atomic mass is 10.00. The summed E-state index contributed by atoms with van der Waals surface area (Å²) in [5.41, 5.74) is 1.42. The van der Waals surface area contributed by atoms with E-state index in [4.69, 9.17) is 0 Å². The molecule has 4 rings (SSSR count). The van der Waals surface area contributed by atoms with E-state index in [-0.39, 0.29) is 68.0 Å². The quantitative estimate of drug-likeness (QED) is 0.169. The molecule has 1 aliphatic rings. The maximum absolute atomic E-state index is 13.9. The third kappa shape index (κ3) is 13.8. The van der Waals surface area contributed by atoms with Crippen LogP contribution in [0, 0.1) is 11.8 Å². The molecular formula is C42H53N7O8.